The third-order valence-electron chi connectivity index (χ3n) is 3.03. The molecule has 0 aliphatic heterocycles. The van der Waals surface area contributed by atoms with E-state index in [4.69, 9.17) is 0 Å². The van der Waals surface area contributed by atoms with Crippen LogP contribution in [0.25, 0.3) is 0 Å². The molecule has 0 bridgehead atoms. The molecule has 1 aromatic carbocycles. The van der Waals surface area contributed by atoms with Crippen LogP contribution in [0.1, 0.15) is 11.1 Å². The molecule has 0 spiro atoms. The number of rotatable bonds is 5. The highest BCUT2D eigenvalue weighted by molar-refractivity contribution is 7.89. The maximum absolute atomic E-state index is 12.2. The van der Waals surface area contributed by atoms with E-state index in [1.54, 1.807) is 13.1 Å². The van der Waals surface area contributed by atoms with Crippen molar-refractivity contribution < 1.29 is 13.2 Å². The number of nitrogens with one attached hydrogen (secondary N) is 2. The number of carbonyl (C=O) groups is 1. The second-order valence-corrected chi connectivity index (χ2v) is 6.93. The van der Waals surface area contributed by atoms with Gasteiger partial charge in [0.1, 0.15) is 0 Å². The van der Waals surface area contributed by atoms with Gasteiger partial charge in [0.15, 0.2) is 0 Å². The van der Waals surface area contributed by atoms with Crippen LogP contribution in [0.2, 0.25) is 0 Å². The topological polar surface area (TPSA) is 78.5 Å². The second kappa shape index (κ2) is 7.74. The van der Waals surface area contributed by atoms with E-state index in [-0.39, 0.29) is 29.8 Å². The van der Waals surface area contributed by atoms with E-state index in [1.807, 2.05) is 13.8 Å². The van der Waals surface area contributed by atoms with Gasteiger partial charge in [-0.1, -0.05) is 0 Å². The molecule has 8 heteroatoms. The van der Waals surface area contributed by atoms with Crippen molar-refractivity contribution in [3.8, 4) is 0 Å². The van der Waals surface area contributed by atoms with Crippen molar-refractivity contribution in [3.05, 3.63) is 23.3 Å². The minimum Gasteiger partial charge on any atom is -0.325 e. The summed E-state index contributed by atoms with van der Waals surface area (Å²) in [4.78, 5) is 11.8. The van der Waals surface area contributed by atoms with Crippen molar-refractivity contribution in [3.63, 3.8) is 0 Å². The first kappa shape index (κ1) is 19.9. The lowest BCUT2D eigenvalue weighted by atomic mass is 10.1. The Morgan fingerprint density at radius 2 is 1.81 bits per heavy atom. The molecule has 0 radical (unpaired) electrons. The molecule has 0 aliphatic carbocycles. The second-order valence-electron chi connectivity index (χ2n) is 4.78. The summed E-state index contributed by atoms with van der Waals surface area (Å²) in [7, 11) is 1.10. The first-order valence-electron chi connectivity index (χ1n) is 6.18. The minimum atomic E-state index is -3.52. The van der Waals surface area contributed by atoms with Crippen molar-refractivity contribution in [2.24, 2.45) is 0 Å². The Morgan fingerprint density at radius 1 is 1.24 bits per heavy atom. The fraction of sp³-hybridized carbons (Fsp3) is 0.462. The van der Waals surface area contributed by atoms with Crippen LogP contribution in [-0.2, 0) is 14.8 Å². The number of nitrogens with zero attached hydrogens (tertiary/aromatic N) is 1. The number of benzene rings is 1. The first-order chi connectivity index (χ1) is 9.20. The monoisotopic (exact) mass is 335 g/mol. The Morgan fingerprint density at radius 3 is 2.29 bits per heavy atom. The van der Waals surface area contributed by atoms with E-state index >= 15 is 0 Å². The number of carbonyl (C=O) groups excluding carboxylic acids is 1. The molecule has 0 fully saturated rings. The van der Waals surface area contributed by atoms with Crippen LogP contribution in [0, 0.1) is 13.8 Å². The van der Waals surface area contributed by atoms with Gasteiger partial charge < -0.3 is 10.6 Å². The van der Waals surface area contributed by atoms with Gasteiger partial charge in [-0.3, -0.25) is 4.79 Å². The lowest BCUT2D eigenvalue weighted by Crippen LogP contribution is -2.26. The van der Waals surface area contributed by atoms with Crippen LogP contribution in [0.3, 0.4) is 0 Å². The number of aryl methyl sites for hydroxylation is 1. The fourth-order valence-electron chi connectivity index (χ4n) is 1.67. The van der Waals surface area contributed by atoms with Crippen molar-refractivity contribution >= 4 is 34.0 Å². The summed E-state index contributed by atoms with van der Waals surface area (Å²) in [5.41, 5.74) is 2.19. The van der Waals surface area contributed by atoms with Gasteiger partial charge in [0, 0.05) is 19.8 Å². The molecule has 0 aromatic heterocycles. The molecule has 1 aromatic rings. The summed E-state index contributed by atoms with van der Waals surface area (Å²) in [5.74, 6) is -0.214. The molecule has 120 valence electrons. The predicted molar refractivity (Wildman–Crippen MR) is 86.6 cm³/mol. The quantitative estimate of drug-likeness (QED) is 0.845. The van der Waals surface area contributed by atoms with Gasteiger partial charge in [0.25, 0.3) is 0 Å². The third-order valence-corrected chi connectivity index (χ3v) is 4.82. The smallest absolute Gasteiger partial charge is 0.242 e. The highest BCUT2D eigenvalue weighted by Crippen LogP contribution is 2.25. The molecule has 2 N–H and O–H groups in total. The number of sulfonamides is 1. The van der Waals surface area contributed by atoms with Gasteiger partial charge >= 0.3 is 0 Å². The number of halogens is 1. The van der Waals surface area contributed by atoms with Crippen LogP contribution < -0.4 is 10.6 Å². The van der Waals surface area contributed by atoms with Gasteiger partial charge in [-0.2, -0.15) is 0 Å². The van der Waals surface area contributed by atoms with E-state index < -0.39 is 10.0 Å². The summed E-state index contributed by atoms with van der Waals surface area (Å²) >= 11 is 0. The van der Waals surface area contributed by atoms with E-state index in [0.717, 1.165) is 15.4 Å². The average molecular weight is 336 g/mol. The number of hydrogen-bond acceptors (Lipinski definition) is 4. The van der Waals surface area contributed by atoms with E-state index in [2.05, 4.69) is 10.6 Å². The summed E-state index contributed by atoms with van der Waals surface area (Å²) in [6.07, 6.45) is 0. The van der Waals surface area contributed by atoms with E-state index in [9.17, 15) is 13.2 Å². The molecule has 0 saturated heterocycles. The molecule has 21 heavy (non-hydrogen) atoms. The summed E-state index contributed by atoms with van der Waals surface area (Å²) in [5, 5.41) is 5.47. The van der Waals surface area contributed by atoms with Crippen molar-refractivity contribution in [1.29, 1.82) is 0 Å². The Balaban J connectivity index is 0.00000400. The lowest BCUT2D eigenvalue weighted by molar-refractivity contribution is -0.115. The molecular formula is C13H22ClN3O3S. The Hall–Kier alpha value is -1.15. The summed E-state index contributed by atoms with van der Waals surface area (Å²) in [6.45, 7) is 3.83. The Bertz CT molecular complexity index is 615. The number of hydrogen-bond donors (Lipinski definition) is 2. The molecule has 0 unspecified atom stereocenters. The van der Waals surface area contributed by atoms with E-state index in [0.29, 0.717) is 5.69 Å². The maximum atomic E-state index is 12.2. The predicted octanol–water partition coefficient (Wildman–Crippen LogP) is 1.13. The largest absolute Gasteiger partial charge is 0.325 e. The highest BCUT2D eigenvalue weighted by atomic mass is 35.5. The van der Waals surface area contributed by atoms with Crippen LogP contribution in [0.15, 0.2) is 17.0 Å². The number of amides is 1. The van der Waals surface area contributed by atoms with Crippen LogP contribution in [0.5, 0.6) is 0 Å². The molecule has 0 saturated carbocycles. The Kier molecular flexibility index (Phi) is 7.32. The normalized spacial score (nSPS) is 11.1. The van der Waals surface area contributed by atoms with Crippen molar-refractivity contribution in [1.82, 2.24) is 9.62 Å². The van der Waals surface area contributed by atoms with Crippen LogP contribution >= 0.6 is 12.4 Å². The molecule has 0 heterocycles. The summed E-state index contributed by atoms with van der Waals surface area (Å²) < 4.78 is 25.5. The van der Waals surface area contributed by atoms with Crippen LogP contribution in [-0.4, -0.2) is 46.3 Å². The highest BCUT2D eigenvalue weighted by Gasteiger charge is 2.20. The molecular weight excluding hydrogens is 314 g/mol. The lowest BCUT2D eigenvalue weighted by Gasteiger charge is -2.16. The van der Waals surface area contributed by atoms with Crippen molar-refractivity contribution in [2.45, 2.75) is 18.7 Å². The van der Waals surface area contributed by atoms with Gasteiger partial charge in [-0.15, -0.1) is 12.4 Å². The SMILES string of the molecule is CNCC(=O)Nc1cc(S(=O)(=O)N(C)C)cc(C)c1C.Cl. The molecule has 1 amide bonds. The van der Waals surface area contributed by atoms with E-state index in [1.165, 1.54) is 20.2 Å². The maximum Gasteiger partial charge on any atom is 0.242 e. The molecule has 1 rings (SSSR count). The minimum absolute atomic E-state index is 0. The van der Waals surface area contributed by atoms with Crippen LogP contribution in [0.4, 0.5) is 5.69 Å². The van der Waals surface area contributed by atoms with Gasteiger partial charge in [-0.25, -0.2) is 12.7 Å². The molecule has 0 aliphatic rings. The molecule has 6 nitrogen and oxygen atoms in total. The molecule has 0 atom stereocenters. The zero-order valence-corrected chi connectivity index (χ0v) is 14.5. The van der Waals surface area contributed by atoms with Crippen molar-refractivity contribution in [2.75, 3.05) is 33.0 Å². The third kappa shape index (κ3) is 4.67. The standard InChI is InChI=1S/C13H21N3O3S.ClH/c1-9-6-11(20(18,19)16(4)5)7-12(10(9)2)15-13(17)8-14-3;/h6-7,14H,8H2,1-5H3,(H,15,17);1H. The zero-order valence-electron chi connectivity index (χ0n) is 12.9. The number of anilines is 1. The number of likely N-dealkylation sites (N-methyl/N-ethyl adjacent to an activating group) is 1. The van der Waals surface area contributed by atoms with Gasteiger partial charge in [0.2, 0.25) is 15.9 Å². The zero-order chi connectivity index (χ0) is 15.5. The first-order valence-corrected chi connectivity index (χ1v) is 7.62. The Labute approximate surface area is 132 Å². The van der Waals surface area contributed by atoms with Gasteiger partial charge in [0.05, 0.1) is 11.4 Å². The van der Waals surface area contributed by atoms with Gasteiger partial charge in [-0.05, 0) is 44.2 Å². The fourth-order valence-corrected chi connectivity index (χ4v) is 2.68. The average Bonchev–Trinajstić information content (AvgIpc) is 2.34. The summed E-state index contributed by atoms with van der Waals surface area (Å²) in [6, 6.07) is 3.10.